The Hall–Kier alpha value is -2.67. The van der Waals surface area contributed by atoms with Crippen molar-refractivity contribution in [2.24, 2.45) is 0 Å². The van der Waals surface area contributed by atoms with Crippen LogP contribution in [-0.2, 0) is 27.9 Å². The molecule has 0 aromatic heterocycles. The molecule has 1 amide bonds. The number of amides is 1. The molecule has 0 saturated carbocycles. The molecule has 0 aliphatic carbocycles. The second kappa shape index (κ2) is 9.89. The molecule has 0 radical (unpaired) electrons. The molecule has 7 heteroatoms. The monoisotopic (exact) mass is 442 g/mol. The number of hydrogen-bond acceptors (Lipinski definition) is 3. The van der Waals surface area contributed by atoms with Crippen LogP contribution in [0.3, 0.4) is 0 Å². The number of carbonyl (C=O) groups is 1. The van der Waals surface area contributed by atoms with Gasteiger partial charge in [-0.25, -0.2) is 8.42 Å². The minimum absolute atomic E-state index is 0.0619. The van der Waals surface area contributed by atoms with Crippen molar-refractivity contribution in [3.63, 3.8) is 0 Å². The Morgan fingerprint density at radius 3 is 2.13 bits per heavy atom. The van der Waals surface area contributed by atoms with Gasteiger partial charge in [0.25, 0.3) is 0 Å². The van der Waals surface area contributed by atoms with Gasteiger partial charge in [-0.15, -0.1) is 0 Å². The van der Waals surface area contributed by atoms with E-state index in [1.54, 1.807) is 42.5 Å². The second-order valence-electron chi connectivity index (χ2n) is 6.97. The van der Waals surface area contributed by atoms with Gasteiger partial charge in [0.05, 0.1) is 11.4 Å². The summed E-state index contributed by atoms with van der Waals surface area (Å²) in [6.45, 7) is 2.10. The molecule has 0 fully saturated rings. The molecule has 0 bridgehead atoms. The molecule has 3 rings (SSSR count). The highest BCUT2D eigenvalue weighted by molar-refractivity contribution is 7.89. The van der Waals surface area contributed by atoms with Crippen LogP contribution >= 0.6 is 11.6 Å². The predicted octanol–water partition coefficient (Wildman–Crippen LogP) is 4.16. The molecular weight excluding hydrogens is 420 g/mol. The number of aryl methyl sites for hydroxylation is 1. The second-order valence-corrected chi connectivity index (χ2v) is 9.35. The van der Waals surface area contributed by atoms with Crippen LogP contribution in [0.1, 0.15) is 16.7 Å². The lowest BCUT2D eigenvalue weighted by Gasteiger charge is -2.22. The Kier molecular flexibility index (Phi) is 7.26. The number of sulfonamides is 1. The average Bonchev–Trinajstić information content (AvgIpc) is 2.75. The fourth-order valence-electron chi connectivity index (χ4n) is 2.88. The fourth-order valence-corrected chi connectivity index (χ4v) is 4.41. The standard InChI is InChI=1S/C23H23ClN2O3S/c1-18-7-9-19(10-8-18)15-25-23(27)17-26(16-20-11-13-21(24)14-12-20)30(28,29)22-5-3-2-4-6-22/h2-14H,15-17H2,1H3,(H,25,27). The fraction of sp³-hybridized carbons (Fsp3) is 0.174. The van der Waals surface area contributed by atoms with Gasteiger partial charge in [-0.1, -0.05) is 71.8 Å². The quantitative estimate of drug-likeness (QED) is 0.569. The first-order valence-corrected chi connectivity index (χ1v) is 11.3. The van der Waals surface area contributed by atoms with Crippen molar-refractivity contribution in [2.75, 3.05) is 6.54 Å². The topological polar surface area (TPSA) is 66.5 Å². The van der Waals surface area contributed by atoms with Crippen LogP contribution in [0.15, 0.2) is 83.8 Å². The van der Waals surface area contributed by atoms with Gasteiger partial charge >= 0.3 is 0 Å². The van der Waals surface area contributed by atoms with E-state index >= 15 is 0 Å². The van der Waals surface area contributed by atoms with Crippen molar-refractivity contribution in [3.05, 3.63) is 101 Å². The molecule has 0 atom stereocenters. The van der Waals surface area contributed by atoms with Gasteiger partial charge in [-0.2, -0.15) is 4.31 Å². The molecule has 30 heavy (non-hydrogen) atoms. The molecule has 5 nitrogen and oxygen atoms in total. The highest BCUT2D eigenvalue weighted by Crippen LogP contribution is 2.19. The summed E-state index contributed by atoms with van der Waals surface area (Å²) in [5.74, 6) is -0.371. The molecule has 0 saturated heterocycles. The van der Waals surface area contributed by atoms with Gasteiger partial charge in [0.15, 0.2) is 0 Å². The normalized spacial score (nSPS) is 11.4. The molecule has 0 aliphatic heterocycles. The van der Waals surface area contributed by atoms with E-state index < -0.39 is 10.0 Å². The highest BCUT2D eigenvalue weighted by atomic mass is 35.5. The van der Waals surface area contributed by atoms with Crippen LogP contribution in [0.25, 0.3) is 0 Å². The highest BCUT2D eigenvalue weighted by Gasteiger charge is 2.26. The molecule has 0 aliphatic rings. The lowest BCUT2D eigenvalue weighted by Crippen LogP contribution is -2.40. The van der Waals surface area contributed by atoms with Gasteiger partial charge in [0, 0.05) is 18.1 Å². The Bertz CT molecular complexity index is 1080. The van der Waals surface area contributed by atoms with Crippen LogP contribution < -0.4 is 5.32 Å². The number of nitrogens with zero attached hydrogens (tertiary/aromatic N) is 1. The Morgan fingerprint density at radius 2 is 1.50 bits per heavy atom. The van der Waals surface area contributed by atoms with E-state index in [0.29, 0.717) is 11.6 Å². The summed E-state index contributed by atoms with van der Waals surface area (Å²) in [5, 5.41) is 3.36. The molecule has 0 spiro atoms. The number of benzene rings is 3. The zero-order chi connectivity index (χ0) is 21.6. The van der Waals surface area contributed by atoms with Crippen molar-refractivity contribution >= 4 is 27.5 Å². The van der Waals surface area contributed by atoms with E-state index in [4.69, 9.17) is 11.6 Å². The van der Waals surface area contributed by atoms with Crippen LogP contribution in [0.4, 0.5) is 0 Å². The van der Waals surface area contributed by atoms with Crippen LogP contribution in [-0.4, -0.2) is 25.2 Å². The minimum Gasteiger partial charge on any atom is -0.351 e. The van der Waals surface area contributed by atoms with Gasteiger partial charge < -0.3 is 5.32 Å². The molecule has 156 valence electrons. The van der Waals surface area contributed by atoms with Crippen LogP contribution in [0.2, 0.25) is 5.02 Å². The average molecular weight is 443 g/mol. The van der Waals surface area contributed by atoms with Crippen molar-refractivity contribution in [1.29, 1.82) is 0 Å². The lowest BCUT2D eigenvalue weighted by molar-refractivity contribution is -0.121. The third-order valence-electron chi connectivity index (χ3n) is 4.58. The van der Waals surface area contributed by atoms with E-state index in [1.165, 1.54) is 16.4 Å². The summed E-state index contributed by atoms with van der Waals surface area (Å²) in [6.07, 6.45) is 0. The van der Waals surface area contributed by atoms with E-state index in [1.807, 2.05) is 31.2 Å². The van der Waals surface area contributed by atoms with E-state index in [2.05, 4.69) is 5.32 Å². The minimum atomic E-state index is -3.85. The zero-order valence-electron chi connectivity index (χ0n) is 16.6. The lowest BCUT2D eigenvalue weighted by atomic mass is 10.1. The molecule has 0 heterocycles. The maximum absolute atomic E-state index is 13.2. The van der Waals surface area contributed by atoms with E-state index in [0.717, 1.165) is 16.7 Å². The molecule has 0 unspecified atom stereocenters. The van der Waals surface area contributed by atoms with Crippen molar-refractivity contribution in [3.8, 4) is 0 Å². The van der Waals surface area contributed by atoms with Crippen molar-refractivity contribution in [2.45, 2.75) is 24.9 Å². The van der Waals surface area contributed by atoms with Crippen molar-refractivity contribution in [1.82, 2.24) is 9.62 Å². The smallest absolute Gasteiger partial charge is 0.243 e. The summed E-state index contributed by atoms with van der Waals surface area (Å²) >= 11 is 5.93. The molecule has 3 aromatic carbocycles. The summed E-state index contributed by atoms with van der Waals surface area (Å²) in [5.41, 5.74) is 2.82. The number of rotatable bonds is 8. The predicted molar refractivity (Wildman–Crippen MR) is 119 cm³/mol. The maximum atomic E-state index is 13.2. The largest absolute Gasteiger partial charge is 0.351 e. The number of halogens is 1. The summed E-state index contributed by atoms with van der Waals surface area (Å²) < 4.78 is 27.5. The van der Waals surface area contributed by atoms with Crippen LogP contribution in [0.5, 0.6) is 0 Å². The Balaban J connectivity index is 1.77. The molecule has 3 aromatic rings. The zero-order valence-corrected chi connectivity index (χ0v) is 18.2. The van der Waals surface area contributed by atoms with Crippen molar-refractivity contribution < 1.29 is 13.2 Å². The van der Waals surface area contributed by atoms with Gasteiger partial charge in [-0.3, -0.25) is 4.79 Å². The number of nitrogens with one attached hydrogen (secondary N) is 1. The maximum Gasteiger partial charge on any atom is 0.243 e. The first-order chi connectivity index (χ1) is 14.3. The van der Waals surface area contributed by atoms with E-state index in [9.17, 15) is 13.2 Å². The van der Waals surface area contributed by atoms with Crippen LogP contribution in [0, 0.1) is 6.92 Å². The van der Waals surface area contributed by atoms with Gasteiger partial charge in [-0.05, 0) is 42.3 Å². The summed E-state index contributed by atoms with van der Waals surface area (Å²) in [7, 11) is -3.85. The Labute approximate surface area is 182 Å². The first-order valence-electron chi connectivity index (χ1n) is 9.46. The Morgan fingerprint density at radius 1 is 0.900 bits per heavy atom. The third kappa shape index (κ3) is 5.92. The summed E-state index contributed by atoms with van der Waals surface area (Å²) in [6, 6.07) is 22.8. The number of hydrogen-bond donors (Lipinski definition) is 1. The summed E-state index contributed by atoms with van der Waals surface area (Å²) in [4.78, 5) is 12.7. The van der Waals surface area contributed by atoms with Gasteiger partial charge in [0.2, 0.25) is 15.9 Å². The SMILES string of the molecule is Cc1ccc(CNC(=O)CN(Cc2ccc(Cl)cc2)S(=O)(=O)c2ccccc2)cc1. The van der Waals surface area contributed by atoms with E-state index in [-0.39, 0.29) is 23.9 Å². The third-order valence-corrected chi connectivity index (χ3v) is 6.64. The number of carbonyl (C=O) groups excluding carboxylic acids is 1. The molecule has 1 N–H and O–H groups in total. The first kappa shape index (κ1) is 22.0. The molecular formula is C23H23ClN2O3S. The van der Waals surface area contributed by atoms with Gasteiger partial charge in [0.1, 0.15) is 0 Å².